The number of fused-ring (bicyclic) bond motifs is 2. The first-order valence-electron chi connectivity index (χ1n) is 13.4. The van der Waals surface area contributed by atoms with E-state index >= 15 is 0 Å². The lowest BCUT2D eigenvalue weighted by atomic mass is 9.97. The summed E-state index contributed by atoms with van der Waals surface area (Å²) in [5.41, 5.74) is 4.14. The molecule has 0 aliphatic heterocycles. The van der Waals surface area contributed by atoms with Crippen molar-refractivity contribution in [2.24, 2.45) is 0 Å². The van der Waals surface area contributed by atoms with E-state index in [1.54, 1.807) is 58.3 Å². The number of aryl methyl sites for hydroxylation is 1. The Hall–Kier alpha value is -4.57. The summed E-state index contributed by atoms with van der Waals surface area (Å²) in [5.74, 6) is 0.0590. The molecule has 1 N–H and O–H groups in total. The molecule has 0 saturated carbocycles. The molecule has 2 heterocycles. The predicted molar refractivity (Wildman–Crippen MR) is 166 cm³/mol. The molecule has 0 aliphatic carbocycles. The lowest BCUT2D eigenvalue weighted by Gasteiger charge is -2.21. The second kappa shape index (κ2) is 10.4. The first-order chi connectivity index (χ1) is 19.7. The summed E-state index contributed by atoms with van der Waals surface area (Å²) in [5, 5.41) is 4.00. The number of carbonyl (C=O) groups excluding carboxylic acids is 2. The first kappa shape index (κ1) is 28.9. The number of sulfonamides is 1. The van der Waals surface area contributed by atoms with E-state index in [0.717, 1.165) is 22.8 Å². The van der Waals surface area contributed by atoms with Crippen LogP contribution in [0.5, 0.6) is 0 Å². The average Bonchev–Trinajstić information content (AvgIpc) is 3.51. The lowest BCUT2D eigenvalue weighted by molar-refractivity contribution is 0.0544. The van der Waals surface area contributed by atoms with Crippen LogP contribution in [0.1, 0.15) is 36.7 Å². The molecule has 42 heavy (non-hydrogen) atoms. The highest BCUT2D eigenvalue weighted by Crippen LogP contribution is 2.42. The van der Waals surface area contributed by atoms with Gasteiger partial charge in [0.15, 0.2) is 0 Å². The number of benzene rings is 3. The number of hydrogen-bond donors (Lipinski definition) is 1. The quantitative estimate of drug-likeness (QED) is 0.249. The molecule has 3 aromatic carbocycles. The number of anilines is 1. The number of furan rings is 1. The van der Waals surface area contributed by atoms with Gasteiger partial charge in [-0.2, -0.15) is 0 Å². The van der Waals surface area contributed by atoms with Gasteiger partial charge in [0.25, 0.3) is 5.91 Å². The van der Waals surface area contributed by atoms with Gasteiger partial charge < -0.3 is 14.5 Å². The van der Waals surface area contributed by atoms with Crippen molar-refractivity contribution in [1.29, 1.82) is 0 Å². The van der Waals surface area contributed by atoms with Gasteiger partial charge in [0.1, 0.15) is 16.9 Å². The molecule has 1 amide bonds. The maximum atomic E-state index is 13.2. The van der Waals surface area contributed by atoms with Gasteiger partial charge in [-0.15, -0.1) is 0 Å². The highest BCUT2D eigenvalue weighted by molar-refractivity contribution is 7.92. The van der Waals surface area contributed by atoms with Crippen LogP contribution in [0.3, 0.4) is 0 Å². The third-order valence-electron chi connectivity index (χ3n) is 7.00. The standard InChI is InChI=1S/C32H33N3O6S/c1-19-8-10-20(11-9-19)29-28(30(36)33-5)24-17-23(26(18-27(24)40-29)34(6)42(7,38)39)21-12-13-25-22(16-21)14-15-35(25)31(37)41-32(2,3)4/h8-18H,1-7H3,(H,33,36). The summed E-state index contributed by atoms with van der Waals surface area (Å²) in [6.07, 6.45) is 2.27. The van der Waals surface area contributed by atoms with Crippen LogP contribution in [0.4, 0.5) is 10.5 Å². The third-order valence-corrected chi connectivity index (χ3v) is 8.19. The molecule has 0 atom stereocenters. The minimum atomic E-state index is -3.66. The van der Waals surface area contributed by atoms with Crippen LogP contribution < -0.4 is 9.62 Å². The Morgan fingerprint density at radius 2 is 1.64 bits per heavy atom. The Balaban J connectivity index is 1.75. The molecule has 9 nitrogen and oxygen atoms in total. The van der Waals surface area contributed by atoms with Gasteiger partial charge in [0.05, 0.1) is 23.0 Å². The molecule has 5 rings (SSSR count). The fraction of sp³-hybridized carbons (Fsp3) is 0.250. The molecule has 0 spiro atoms. The Labute approximate surface area is 244 Å². The largest absolute Gasteiger partial charge is 0.455 e. The molecule has 218 valence electrons. The summed E-state index contributed by atoms with van der Waals surface area (Å²) >= 11 is 0. The van der Waals surface area contributed by atoms with Crippen LogP contribution in [0.15, 0.2) is 71.3 Å². The van der Waals surface area contributed by atoms with Gasteiger partial charge in [0.2, 0.25) is 10.0 Å². The smallest absolute Gasteiger partial charge is 0.418 e. The van der Waals surface area contributed by atoms with Crippen molar-refractivity contribution in [3.63, 3.8) is 0 Å². The van der Waals surface area contributed by atoms with Crippen molar-refractivity contribution in [2.75, 3.05) is 24.7 Å². The third kappa shape index (κ3) is 5.37. The molecule has 0 bridgehead atoms. The van der Waals surface area contributed by atoms with Crippen molar-refractivity contribution in [3.8, 4) is 22.5 Å². The van der Waals surface area contributed by atoms with E-state index in [2.05, 4.69) is 5.32 Å². The van der Waals surface area contributed by atoms with E-state index in [1.807, 2.05) is 43.3 Å². The predicted octanol–water partition coefficient (Wildman–Crippen LogP) is 6.57. The average molecular weight is 588 g/mol. The van der Waals surface area contributed by atoms with Crippen molar-refractivity contribution in [1.82, 2.24) is 9.88 Å². The second-order valence-corrected chi connectivity index (χ2v) is 13.3. The van der Waals surface area contributed by atoms with Gasteiger partial charge >= 0.3 is 6.09 Å². The minimum absolute atomic E-state index is 0.329. The normalized spacial score (nSPS) is 12.1. The van der Waals surface area contributed by atoms with Gasteiger partial charge in [-0.1, -0.05) is 35.9 Å². The maximum Gasteiger partial charge on any atom is 0.418 e. The number of carbonyl (C=O) groups is 2. The van der Waals surface area contributed by atoms with Gasteiger partial charge in [-0.25, -0.2) is 13.2 Å². The molecular weight excluding hydrogens is 554 g/mol. The molecule has 0 radical (unpaired) electrons. The topological polar surface area (TPSA) is 111 Å². The van der Waals surface area contributed by atoms with Crippen LogP contribution in [0.2, 0.25) is 0 Å². The van der Waals surface area contributed by atoms with Crippen molar-refractivity contribution in [2.45, 2.75) is 33.3 Å². The summed E-state index contributed by atoms with van der Waals surface area (Å²) < 4.78 is 39.8. The van der Waals surface area contributed by atoms with E-state index in [4.69, 9.17) is 9.15 Å². The first-order valence-corrected chi connectivity index (χ1v) is 15.2. The molecule has 0 unspecified atom stereocenters. The number of nitrogens with one attached hydrogen (secondary N) is 1. The summed E-state index contributed by atoms with van der Waals surface area (Å²) in [7, 11) is -0.631. The zero-order valence-corrected chi connectivity index (χ0v) is 25.4. The Kier molecular flexibility index (Phi) is 7.14. The molecular formula is C32H33N3O6S. The number of ether oxygens (including phenoxy) is 1. The van der Waals surface area contributed by atoms with Crippen LogP contribution in [0.25, 0.3) is 44.3 Å². The molecule has 10 heteroatoms. The van der Waals surface area contributed by atoms with E-state index in [-0.39, 0.29) is 5.91 Å². The molecule has 2 aromatic heterocycles. The van der Waals surface area contributed by atoms with E-state index in [0.29, 0.717) is 44.6 Å². The summed E-state index contributed by atoms with van der Waals surface area (Å²) in [6, 6.07) is 18.3. The van der Waals surface area contributed by atoms with Gasteiger partial charge in [0, 0.05) is 48.3 Å². The minimum Gasteiger partial charge on any atom is -0.455 e. The van der Waals surface area contributed by atoms with Gasteiger partial charge in [-0.05, 0) is 57.5 Å². The van der Waals surface area contributed by atoms with E-state index < -0.39 is 21.7 Å². The second-order valence-electron chi connectivity index (χ2n) is 11.3. The summed E-state index contributed by atoms with van der Waals surface area (Å²) in [4.78, 5) is 26.0. The van der Waals surface area contributed by atoms with E-state index in [1.165, 1.54) is 15.9 Å². The maximum absolute atomic E-state index is 13.2. The fourth-order valence-electron chi connectivity index (χ4n) is 4.84. The Bertz CT molecular complexity index is 1960. The SMILES string of the molecule is CNC(=O)c1c(-c2ccc(C)cc2)oc2cc(N(C)S(C)(=O)=O)c(-c3ccc4c(ccn4C(=O)OC(C)(C)C)c3)cc12. The highest BCUT2D eigenvalue weighted by atomic mass is 32.2. The van der Waals surface area contributed by atoms with Crippen LogP contribution in [-0.2, 0) is 14.8 Å². The molecule has 0 aliphatic rings. The molecule has 5 aromatic rings. The van der Waals surface area contributed by atoms with E-state index in [9.17, 15) is 18.0 Å². The number of hydrogen-bond acceptors (Lipinski definition) is 6. The number of amides is 1. The van der Waals surface area contributed by atoms with Crippen LogP contribution >= 0.6 is 0 Å². The van der Waals surface area contributed by atoms with Crippen molar-refractivity contribution >= 4 is 49.6 Å². The van der Waals surface area contributed by atoms with Crippen molar-refractivity contribution < 1.29 is 27.2 Å². The lowest BCUT2D eigenvalue weighted by Crippen LogP contribution is -2.26. The number of nitrogens with zero attached hydrogens (tertiary/aromatic N) is 2. The fourth-order valence-corrected chi connectivity index (χ4v) is 5.35. The molecule has 0 fully saturated rings. The Morgan fingerprint density at radius 1 is 0.976 bits per heavy atom. The van der Waals surface area contributed by atoms with Gasteiger partial charge in [-0.3, -0.25) is 13.7 Å². The zero-order valence-electron chi connectivity index (χ0n) is 24.6. The monoisotopic (exact) mass is 587 g/mol. The van der Waals surface area contributed by atoms with Crippen LogP contribution in [0, 0.1) is 6.92 Å². The van der Waals surface area contributed by atoms with Crippen LogP contribution in [-0.4, -0.2) is 50.9 Å². The molecule has 0 saturated heterocycles. The number of rotatable bonds is 5. The Morgan fingerprint density at radius 3 is 2.26 bits per heavy atom. The summed E-state index contributed by atoms with van der Waals surface area (Å²) in [6.45, 7) is 7.38. The highest BCUT2D eigenvalue weighted by Gasteiger charge is 2.26. The number of aromatic nitrogens is 1. The van der Waals surface area contributed by atoms with Crippen molar-refractivity contribution in [3.05, 3.63) is 78.0 Å². The zero-order chi connectivity index (χ0) is 30.6.